The largest absolute Gasteiger partial charge is 0.468 e. The lowest BCUT2D eigenvalue weighted by molar-refractivity contribution is -0.147. The van der Waals surface area contributed by atoms with Crippen LogP contribution in [0.2, 0.25) is 0 Å². The topological polar surface area (TPSA) is 29.3 Å². The maximum absolute atomic E-state index is 11.9. The standard InChI is InChI=1S/C5H5ClF3NO2/c1-12-4(11)2-3(10(2)6)5(7,8)9/h2-3H,1H3/t2-,3-,10?/m1/s1. The summed E-state index contributed by atoms with van der Waals surface area (Å²) in [5.41, 5.74) is 0. The molecule has 12 heavy (non-hydrogen) atoms. The van der Waals surface area contributed by atoms with Gasteiger partial charge in [-0.3, -0.25) is 4.79 Å². The number of alkyl halides is 3. The SMILES string of the molecule is COC(=O)[C@H]1[C@H](C(F)(F)F)N1Cl. The Morgan fingerprint density at radius 1 is 1.58 bits per heavy atom. The second kappa shape index (κ2) is 2.77. The van der Waals surface area contributed by atoms with Crippen molar-refractivity contribution in [3.05, 3.63) is 0 Å². The molecule has 0 aromatic heterocycles. The number of esters is 1. The number of ether oxygens (including phenoxy) is 1. The van der Waals surface area contributed by atoms with Crippen LogP contribution in [-0.2, 0) is 9.53 Å². The van der Waals surface area contributed by atoms with Crippen molar-refractivity contribution in [3.63, 3.8) is 0 Å². The first-order valence-corrected chi connectivity index (χ1v) is 3.32. The molecule has 0 N–H and O–H groups in total. The van der Waals surface area contributed by atoms with Gasteiger partial charge in [0, 0.05) is 0 Å². The fourth-order valence-electron chi connectivity index (χ4n) is 0.874. The zero-order valence-electron chi connectivity index (χ0n) is 5.93. The first-order valence-electron chi connectivity index (χ1n) is 2.98. The Bertz CT molecular complexity index is 207. The molecule has 1 fully saturated rings. The van der Waals surface area contributed by atoms with E-state index in [1.54, 1.807) is 0 Å². The molecule has 1 rings (SSSR count). The highest BCUT2D eigenvalue weighted by atomic mass is 35.5. The fraction of sp³-hybridized carbons (Fsp3) is 0.800. The van der Waals surface area contributed by atoms with Crippen molar-refractivity contribution in [2.24, 2.45) is 0 Å². The van der Waals surface area contributed by atoms with Crippen LogP contribution in [0.3, 0.4) is 0 Å². The minimum Gasteiger partial charge on any atom is -0.468 e. The fourth-order valence-corrected chi connectivity index (χ4v) is 1.23. The monoisotopic (exact) mass is 203 g/mol. The van der Waals surface area contributed by atoms with Crippen molar-refractivity contribution >= 4 is 17.7 Å². The summed E-state index contributed by atoms with van der Waals surface area (Å²) in [6.45, 7) is 0. The van der Waals surface area contributed by atoms with Crippen LogP contribution >= 0.6 is 11.8 Å². The van der Waals surface area contributed by atoms with E-state index in [2.05, 4.69) is 4.74 Å². The van der Waals surface area contributed by atoms with Crippen LogP contribution in [0.4, 0.5) is 13.2 Å². The first kappa shape index (κ1) is 9.60. The number of carbonyl (C=O) groups excluding carboxylic acids is 1. The molecule has 3 atom stereocenters. The minimum atomic E-state index is -4.47. The number of nitrogens with zero attached hydrogens (tertiary/aromatic N) is 1. The highest BCUT2D eigenvalue weighted by Crippen LogP contribution is 2.43. The Morgan fingerprint density at radius 3 is 2.33 bits per heavy atom. The van der Waals surface area contributed by atoms with Gasteiger partial charge in [0.2, 0.25) is 0 Å². The van der Waals surface area contributed by atoms with Crippen LogP contribution in [0.15, 0.2) is 0 Å². The summed E-state index contributed by atoms with van der Waals surface area (Å²) in [5.74, 6) is -0.965. The lowest BCUT2D eigenvalue weighted by atomic mass is 10.3. The smallest absolute Gasteiger partial charge is 0.407 e. The average molecular weight is 204 g/mol. The van der Waals surface area contributed by atoms with E-state index in [9.17, 15) is 18.0 Å². The quantitative estimate of drug-likeness (QED) is 0.361. The van der Waals surface area contributed by atoms with E-state index in [4.69, 9.17) is 11.8 Å². The van der Waals surface area contributed by atoms with Crippen molar-refractivity contribution in [2.45, 2.75) is 18.3 Å². The molecule has 0 aromatic carbocycles. The van der Waals surface area contributed by atoms with Gasteiger partial charge < -0.3 is 4.74 Å². The minimum absolute atomic E-state index is 0.395. The molecule has 0 amide bonds. The predicted molar refractivity (Wildman–Crippen MR) is 33.3 cm³/mol. The van der Waals surface area contributed by atoms with E-state index in [1.807, 2.05) is 0 Å². The average Bonchev–Trinajstić information content (AvgIpc) is 2.59. The zero-order valence-corrected chi connectivity index (χ0v) is 6.69. The second-order valence-corrected chi connectivity index (χ2v) is 2.69. The summed E-state index contributed by atoms with van der Waals surface area (Å²) >= 11 is 5.09. The van der Waals surface area contributed by atoms with Gasteiger partial charge in [0.15, 0.2) is 0 Å². The Kier molecular flexibility index (Phi) is 2.22. The molecule has 3 nitrogen and oxygen atoms in total. The molecule has 1 aliphatic rings. The van der Waals surface area contributed by atoms with Gasteiger partial charge in [-0.25, -0.2) is 0 Å². The molecule has 7 heteroatoms. The molecular weight excluding hydrogens is 199 g/mol. The Balaban J connectivity index is 2.60. The lowest BCUT2D eigenvalue weighted by Crippen LogP contribution is -2.23. The molecule has 0 spiro atoms. The normalized spacial score (nSPS) is 34.6. The van der Waals surface area contributed by atoms with Gasteiger partial charge in [-0.05, 0) is 11.8 Å². The third kappa shape index (κ3) is 1.49. The molecule has 0 saturated carbocycles. The molecule has 1 heterocycles. The zero-order chi connectivity index (χ0) is 9.52. The molecule has 0 radical (unpaired) electrons. The van der Waals surface area contributed by atoms with Gasteiger partial charge in [0.05, 0.1) is 7.11 Å². The maximum atomic E-state index is 11.9. The summed E-state index contributed by atoms with van der Waals surface area (Å²) in [6, 6.07) is -3.27. The van der Waals surface area contributed by atoms with E-state index < -0.39 is 24.2 Å². The third-order valence-electron chi connectivity index (χ3n) is 1.52. The molecule has 0 bridgehead atoms. The lowest BCUT2D eigenvalue weighted by Gasteiger charge is -2.01. The van der Waals surface area contributed by atoms with Gasteiger partial charge in [-0.15, -0.1) is 0 Å². The number of hydrogen-bond acceptors (Lipinski definition) is 3. The van der Waals surface area contributed by atoms with Crippen LogP contribution in [0.1, 0.15) is 0 Å². The second-order valence-electron chi connectivity index (χ2n) is 2.30. The summed E-state index contributed by atoms with van der Waals surface area (Å²) in [5, 5.41) is 0. The number of rotatable bonds is 1. The summed E-state index contributed by atoms with van der Waals surface area (Å²) < 4.78 is 40.2. The van der Waals surface area contributed by atoms with E-state index in [-0.39, 0.29) is 0 Å². The summed E-state index contributed by atoms with van der Waals surface area (Å²) in [4.78, 5) is 10.6. The van der Waals surface area contributed by atoms with E-state index in [0.717, 1.165) is 7.11 Å². The molecular formula is C5H5ClF3NO2. The van der Waals surface area contributed by atoms with Crippen LogP contribution in [0, 0.1) is 0 Å². The van der Waals surface area contributed by atoms with E-state index in [0.29, 0.717) is 4.42 Å². The summed E-state index contributed by atoms with van der Waals surface area (Å²) in [6.07, 6.45) is -4.47. The van der Waals surface area contributed by atoms with Crippen molar-refractivity contribution in [1.82, 2.24) is 4.42 Å². The van der Waals surface area contributed by atoms with Crippen molar-refractivity contribution in [1.29, 1.82) is 0 Å². The molecule has 0 aliphatic carbocycles. The molecule has 70 valence electrons. The van der Waals surface area contributed by atoms with Crippen LogP contribution in [0.25, 0.3) is 0 Å². The van der Waals surface area contributed by atoms with Crippen molar-refractivity contribution in [2.75, 3.05) is 7.11 Å². The van der Waals surface area contributed by atoms with Crippen molar-refractivity contribution < 1.29 is 22.7 Å². The predicted octanol–water partition coefficient (Wildman–Crippen LogP) is 0.928. The summed E-state index contributed by atoms with van der Waals surface area (Å²) in [7, 11) is 1.01. The van der Waals surface area contributed by atoms with Crippen LogP contribution in [0.5, 0.6) is 0 Å². The van der Waals surface area contributed by atoms with Gasteiger partial charge in [0.25, 0.3) is 0 Å². The van der Waals surface area contributed by atoms with Gasteiger partial charge in [0.1, 0.15) is 12.1 Å². The third-order valence-corrected chi connectivity index (χ3v) is 1.94. The molecule has 1 unspecified atom stereocenters. The van der Waals surface area contributed by atoms with Gasteiger partial charge in [-0.1, -0.05) is 0 Å². The van der Waals surface area contributed by atoms with Crippen molar-refractivity contribution in [3.8, 4) is 0 Å². The number of hydrogen-bond donors (Lipinski definition) is 0. The maximum Gasteiger partial charge on any atom is 0.407 e. The Morgan fingerprint density at radius 2 is 2.08 bits per heavy atom. The number of methoxy groups -OCH3 is 1. The molecule has 1 saturated heterocycles. The molecule has 1 aliphatic heterocycles. The van der Waals surface area contributed by atoms with E-state index in [1.165, 1.54) is 0 Å². The van der Waals surface area contributed by atoms with Crippen LogP contribution < -0.4 is 0 Å². The van der Waals surface area contributed by atoms with E-state index >= 15 is 0 Å². The van der Waals surface area contributed by atoms with Gasteiger partial charge >= 0.3 is 12.1 Å². The first-order chi connectivity index (χ1) is 5.39. The Labute approximate surface area is 71.1 Å². The van der Waals surface area contributed by atoms with Crippen LogP contribution in [-0.4, -0.2) is 35.8 Å². The number of carbonyl (C=O) groups is 1. The highest BCUT2D eigenvalue weighted by Gasteiger charge is 2.67. The van der Waals surface area contributed by atoms with Gasteiger partial charge in [-0.2, -0.15) is 17.6 Å². The number of halogens is 4. The molecule has 0 aromatic rings. The highest BCUT2D eigenvalue weighted by molar-refractivity contribution is 6.17. The Hall–Kier alpha value is -0.490.